The van der Waals surface area contributed by atoms with E-state index in [0.717, 1.165) is 10.9 Å². The highest BCUT2D eigenvalue weighted by molar-refractivity contribution is 6.01. The van der Waals surface area contributed by atoms with Crippen LogP contribution >= 0.6 is 0 Å². The Morgan fingerprint density at radius 3 is 2.52 bits per heavy atom. The molecule has 2 N–H and O–H groups in total. The predicted octanol–water partition coefficient (Wildman–Crippen LogP) is 2.51. The van der Waals surface area contributed by atoms with Crippen LogP contribution in [0.1, 0.15) is 27.8 Å². The maximum absolute atomic E-state index is 12.6. The van der Waals surface area contributed by atoms with Crippen molar-refractivity contribution in [3.05, 3.63) is 59.8 Å². The van der Waals surface area contributed by atoms with Gasteiger partial charge >= 0.3 is 0 Å². The third-order valence-corrected chi connectivity index (χ3v) is 4.45. The largest absolute Gasteiger partial charge is 0.486 e. The topological polar surface area (TPSA) is 81.6 Å². The van der Waals surface area contributed by atoms with Crippen molar-refractivity contribution < 1.29 is 19.1 Å². The molecule has 0 radical (unpaired) electrons. The van der Waals surface area contributed by atoms with Gasteiger partial charge in [0.05, 0.1) is 0 Å². The van der Waals surface area contributed by atoms with Gasteiger partial charge < -0.3 is 14.0 Å². The first-order valence-electron chi connectivity index (χ1n) is 8.76. The number of fused-ring (bicyclic) bond motifs is 2. The van der Waals surface area contributed by atoms with Crippen LogP contribution in [0.4, 0.5) is 0 Å². The van der Waals surface area contributed by atoms with Gasteiger partial charge in [-0.25, -0.2) is 0 Å². The first-order valence-corrected chi connectivity index (χ1v) is 8.76. The third-order valence-electron chi connectivity index (χ3n) is 4.45. The third kappa shape index (κ3) is 3.19. The minimum Gasteiger partial charge on any atom is -0.486 e. The minimum absolute atomic E-state index is 0.371. The summed E-state index contributed by atoms with van der Waals surface area (Å²) in [5, 5.41) is 0.975. The van der Waals surface area contributed by atoms with Crippen LogP contribution in [0.25, 0.3) is 10.9 Å². The van der Waals surface area contributed by atoms with E-state index in [9.17, 15) is 9.59 Å². The summed E-state index contributed by atoms with van der Waals surface area (Å²) >= 11 is 0. The number of benzene rings is 2. The number of aromatic nitrogens is 1. The number of hydrogen-bond acceptors (Lipinski definition) is 4. The molecule has 0 saturated heterocycles. The molecule has 4 rings (SSSR count). The molecule has 0 aliphatic carbocycles. The highest BCUT2D eigenvalue weighted by Gasteiger charge is 2.17. The molecule has 2 heterocycles. The zero-order chi connectivity index (χ0) is 18.8. The zero-order valence-corrected chi connectivity index (χ0v) is 14.8. The van der Waals surface area contributed by atoms with Gasteiger partial charge in [-0.2, -0.15) is 0 Å². The highest BCUT2D eigenvalue weighted by Crippen LogP contribution is 2.30. The average Bonchev–Trinajstić information content (AvgIpc) is 3.10. The number of hydrazine groups is 1. The summed E-state index contributed by atoms with van der Waals surface area (Å²) in [7, 11) is 0. The van der Waals surface area contributed by atoms with E-state index < -0.39 is 5.91 Å². The maximum Gasteiger partial charge on any atom is 0.286 e. The number of ether oxygens (including phenoxy) is 2. The summed E-state index contributed by atoms with van der Waals surface area (Å²) in [6, 6.07) is 14.5. The number of rotatable bonds is 3. The molecule has 27 heavy (non-hydrogen) atoms. The van der Waals surface area contributed by atoms with Gasteiger partial charge in [0, 0.05) is 23.0 Å². The van der Waals surface area contributed by atoms with Crippen LogP contribution in [0.3, 0.4) is 0 Å². The Kier molecular flexibility index (Phi) is 4.42. The number of carbonyl (C=O) groups is 2. The molecule has 1 aliphatic rings. The number of carbonyl (C=O) groups excluding carboxylic acids is 2. The van der Waals surface area contributed by atoms with Crippen LogP contribution in [-0.2, 0) is 6.54 Å². The van der Waals surface area contributed by atoms with Crippen molar-refractivity contribution in [3.63, 3.8) is 0 Å². The second-order valence-electron chi connectivity index (χ2n) is 6.10. The number of nitrogens with zero attached hydrogens (tertiary/aromatic N) is 1. The Bertz CT molecular complexity index is 1030. The SMILES string of the molecule is CCn1c(C(=O)NNC(=O)c2ccc3c(c2)OCCO3)cc2ccccc21. The summed E-state index contributed by atoms with van der Waals surface area (Å²) in [6.45, 7) is 3.54. The monoisotopic (exact) mass is 365 g/mol. The molecule has 0 unspecified atom stereocenters. The van der Waals surface area contributed by atoms with E-state index in [1.54, 1.807) is 18.2 Å². The minimum atomic E-state index is -0.431. The Morgan fingerprint density at radius 1 is 0.963 bits per heavy atom. The van der Waals surface area contributed by atoms with E-state index in [1.165, 1.54) is 0 Å². The fourth-order valence-corrected chi connectivity index (χ4v) is 3.17. The molecule has 1 aliphatic heterocycles. The number of nitrogens with one attached hydrogen (secondary N) is 2. The second kappa shape index (κ2) is 7.03. The second-order valence-corrected chi connectivity index (χ2v) is 6.10. The van der Waals surface area contributed by atoms with Crippen molar-refractivity contribution in [2.45, 2.75) is 13.5 Å². The van der Waals surface area contributed by atoms with Crippen LogP contribution in [0, 0.1) is 0 Å². The quantitative estimate of drug-likeness (QED) is 0.699. The van der Waals surface area contributed by atoms with E-state index >= 15 is 0 Å². The molecule has 0 spiro atoms. The predicted molar refractivity (Wildman–Crippen MR) is 100.0 cm³/mol. The number of amides is 2. The molecule has 138 valence electrons. The van der Waals surface area contributed by atoms with Crippen molar-refractivity contribution in [1.29, 1.82) is 0 Å². The van der Waals surface area contributed by atoms with Crippen molar-refractivity contribution >= 4 is 22.7 Å². The van der Waals surface area contributed by atoms with E-state index in [4.69, 9.17) is 9.47 Å². The Morgan fingerprint density at radius 2 is 1.70 bits per heavy atom. The van der Waals surface area contributed by atoms with E-state index in [2.05, 4.69) is 10.9 Å². The van der Waals surface area contributed by atoms with Gasteiger partial charge in [0.15, 0.2) is 11.5 Å². The lowest BCUT2D eigenvalue weighted by molar-refractivity contribution is 0.0841. The zero-order valence-electron chi connectivity index (χ0n) is 14.8. The molecule has 2 amide bonds. The molecule has 0 bridgehead atoms. The molecule has 0 atom stereocenters. The molecule has 0 fully saturated rings. The number of para-hydroxylation sites is 1. The van der Waals surface area contributed by atoms with Crippen molar-refractivity contribution in [3.8, 4) is 11.5 Å². The molecular formula is C20H19N3O4. The lowest BCUT2D eigenvalue weighted by atomic mass is 10.2. The molecule has 7 heteroatoms. The summed E-state index contributed by atoms with van der Waals surface area (Å²) in [6.07, 6.45) is 0. The maximum atomic E-state index is 12.6. The van der Waals surface area contributed by atoms with E-state index in [-0.39, 0.29) is 5.91 Å². The van der Waals surface area contributed by atoms with Gasteiger partial charge in [0.2, 0.25) is 0 Å². The Labute approximate surface area is 155 Å². The molecular weight excluding hydrogens is 346 g/mol. The summed E-state index contributed by atoms with van der Waals surface area (Å²) in [5.41, 5.74) is 6.77. The first-order chi connectivity index (χ1) is 13.2. The molecule has 2 aromatic carbocycles. The normalized spacial score (nSPS) is 12.6. The average molecular weight is 365 g/mol. The first kappa shape index (κ1) is 17.0. The number of hydrogen-bond donors (Lipinski definition) is 2. The van der Waals surface area contributed by atoms with Crippen LogP contribution in [0.5, 0.6) is 11.5 Å². The summed E-state index contributed by atoms with van der Waals surface area (Å²) in [5.74, 6) is 0.319. The van der Waals surface area contributed by atoms with Crippen molar-refractivity contribution in [2.75, 3.05) is 13.2 Å². The fraction of sp³-hybridized carbons (Fsp3) is 0.200. The standard InChI is InChI=1S/C20H19N3O4/c1-2-23-15-6-4-3-5-13(15)11-16(23)20(25)22-21-19(24)14-7-8-17-18(12-14)27-10-9-26-17/h3-8,11-12H,2,9-10H2,1H3,(H,21,24)(H,22,25). The highest BCUT2D eigenvalue weighted by atomic mass is 16.6. The number of aryl methyl sites for hydroxylation is 1. The van der Waals surface area contributed by atoms with Gasteiger partial charge in [0.25, 0.3) is 11.8 Å². The molecule has 3 aromatic rings. The summed E-state index contributed by atoms with van der Waals surface area (Å²) < 4.78 is 12.8. The molecule has 7 nitrogen and oxygen atoms in total. The Hall–Kier alpha value is -3.48. The van der Waals surface area contributed by atoms with Crippen LogP contribution in [0.15, 0.2) is 48.5 Å². The van der Waals surface area contributed by atoms with Gasteiger partial charge in [-0.3, -0.25) is 20.4 Å². The van der Waals surface area contributed by atoms with Crippen LogP contribution in [0.2, 0.25) is 0 Å². The van der Waals surface area contributed by atoms with Crippen LogP contribution < -0.4 is 20.3 Å². The smallest absolute Gasteiger partial charge is 0.286 e. The molecule has 0 saturated carbocycles. The summed E-state index contributed by atoms with van der Waals surface area (Å²) in [4.78, 5) is 24.9. The van der Waals surface area contributed by atoms with Crippen molar-refractivity contribution in [1.82, 2.24) is 15.4 Å². The van der Waals surface area contributed by atoms with E-state index in [1.807, 2.05) is 41.8 Å². The van der Waals surface area contributed by atoms with Gasteiger partial charge in [-0.1, -0.05) is 18.2 Å². The van der Waals surface area contributed by atoms with Gasteiger partial charge in [-0.15, -0.1) is 0 Å². The van der Waals surface area contributed by atoms with Crippen LogP contribution in [-0.4, -0.2) is 29.6 Å². The van der Waals surface area contributed by atoms with Crippen molar-refractivity contribution in [2.24, 2.45) is 0 Å². The Balaban J connectivity index is 1.48. The lowest BCUT2D eigenvalue weighted by Gasteiger charge is -2.18. The van der Waals surface area contributed by atoms with E-state index in [0.29, 0.717) is 42.5 Å². The molecule has 1 aromatic heterocycles. The lowest BCUT2D eigenvalue weighted by Crippen LogP contribution is -2.42. The van der Waals surface area contributed by atoms with Gasteiger partial charge in [0.1, 0.15) is 18.9 Å². The fourth-order valence-electron chi connectivity index (χ4n) is 3.17. The van der Waals surface area contributed by atoms with Gasteiger partial charge in [-0.05, 0) is 37.3 Å².